The van der Waals surface area contributed by atoms with Gasteiger partial charge in [-0.3, -0.25) is 0 Å². The van der Waals surface area contributed by atoms with Crippen LogP contribution in [0.15, 0.2) is 0 Å². The van der Waals surface area contributed by atoms with E-state index in [9.17, 15) is 0 Å². The van der Waals surface area contributed by atoms with Crippen molar-refractivity contribution in [2.24, 2.45) is 0 Å². The second-order valence-corrected chi connectivity index (χ2v) is 5.12. The first-order chi connectivity index (χ1) is 3.13. The first kappa shape index (κ1) is 11.5. The lowest BCUT2D eigenvalue weighted by Gasteiger charge is -2.06. The summed E-state index contributed by atoms with van der Waals surface area (Å²) in [5, 5.41) is 0. The molecular formula is C6H16ClP. The summed E-state index contributed by atoms with van der Waals surface area (Å²) < 4.78 is 0. The maximum absolute atomic E-state index is 2.28. The van der Waals surface area contributed by atoms with Crippen molar-refractivity contribution in [2.75, 3.05) is 0 Å². The fraction of sp³-hybridized carbons (Fsp3) is 1.00. The Morgan fingerprint density at radius 3 is 1.12 bits per heavy atom. The van der Waals surface area contributed by atoms with Crippen LogP contribution < -0.4 is 0 Å². The molecule has 2 heteroatoms. The van der Waals surface area contributed by atoms with Gasteiger partial charge in [-0.1, -0.05) is 27.7 Å². The van der Waals surface area contributed by atoms with Gasteiger partial charge in [-0.05, 0) is 11.3 Å². The minimum atomic E-state index is 0. The molecule has 0 aromatic rings. The lowest BCUT2D eigenvalue weighted by atomic mass is 10.5. The minimum absolute atomic E-state index is 0. The van der Waals surface area contributed by atoms with Gasteiger partial charge in [0.2, 0.25) is 0 Å². The van der Waals surface area contributed by atoms with E-state index in [-0.39, 0.29) is 12.4 Å². The van der Waals surface area contributed by atoms with Gasteiger partial charge in [-0.2, -0.15) is 0 Å². The highest BCUT2D eigenvalue weighted by atomic mass is 35.5. The van der Waals surface area contributed by atoms with Gasteiger partial charge in [-0.25, -0.2) is 0 Å². The van der Waals surface area contributed by atoms with E-state index in [1.54, 1.807) is 0 Å². The summed E-state index contributed by atoms with van der Waals surface area (Å²) in [7, 11) is 1.15. The third-order valence-corrected chi connectivity index (χ3v) is 2.00. The molecule has 0 aliphatic rings. The average molecular weight is 155 g/mol. The van der Waals surface area contributed by atoms with Crippen LogP contribution in [-0.4, -0.2) is 11.3 Å². The molecule has 0 heterocycles. The van der Waals surface area contributed by atoms with Gasteiger partial charge < -0.3 is 0 Å². The van der Waals surface area contributed by atoms with Gasteiger partial charge in [0, 0.05) is 0 Å². The molecule has 8 heavy (non-hydrogen) atoms. The average Bonchev–Trinajstić information content (AvgIpc) is 1.27. The molecular weight excluding hydrogens is 138 g/mol. The van der Waals surface area contributed by atoms with Crippen LogP contribution in [0, 0.1) is 0 Å². The second kappa shape index (κ2) is 5.85. The highest BCUT2D eigenvalue weighted by molar-refractivity contribution is 7.39. The Kier molecular flexibility index (Phi) is 8.41. The Hall–Kier alpha value is 0.720. The number of halogens is 1. The zero-order valence-corrected chi connectivity index (χ0v) is 7.88. The van der Waals surface area contributed by atoms with Crippen LogP contribution in [0.25, 0.3) is 0 Å². The van der Waals surface area contributed by atoms with E-state index >= 15 is 0 Å². The largest absolute Gasteiger partial charge is 0.147 e. The van der Waals surface area contributed by atoms with Gasteiger partial charge in [0.1, 0.15) is 0 Å². The minimum Gasteiger partial charge on any atom is -0.147 e. The molecule has 0 spiro atoms. The van der Waals surface area contributed by atoms with Crippen molar-refractivity contribution in [3.63, 3.8) is 0 Å². The van der Waals surface area contributed by atoms with Crippen molar-refractivity contribution in [2.45, 2.75) is 39.0 Å². The van der Waals surface area contributed by atoms with E-state index in [1.165, 1.54) is 0 Å². The summed E-state index contributed by atoms with van der Waals surface area (Å²) in [5.41, 5.74) is 1.81. The fourth-order valence-corrected chi connectivity index (χ4v) is 2.00. The molecule has 0 amide bonds. The summed E-state index contributed by atoms with van der Waals surface area (Å²) in [6.07, 6.45) is 0. The van der Waals surface area contributed by atoms with Gasteiger partial charge in [0.25, 0.3) is 0 Å². The van der Waals surface area contributed by atoms with E-state index in [1.807, 2.05) is 0 Å². The molecule has 52 valence electrons. The standard InChI is InChI=1S/C6H15P.ClH/c1-5(2)7-6(3)4;/h5-7H,1-4H3;1H. The highest BCUT2D eigenvalue weighted by Gasteiger charge is 1.95. The summed E-state index contributed by atoms with van der Waals surface area (Å²) in [6, 6.07) is 0. The van der Waals surface area contributed by atoms with Crippen molar-refractivity contribution >= 4 is 21.0 Å². The lowest BCUT2D eigenvalue weighted by molar-refractivity contribution is 1.03. The van der Waals surface area contributed by atoms with E-state index in [4.69, 9.17) is 0 Å². The Balaban J connectivity index is 0. The Morgan fingerprint density at radius 2 is 1.12 bits per heavy atom. The smallest absolute Gasteiger partial charge is 0.0291 e. The number of rotatable bonds is 2. The summed E-state index contributed by atoms with van der Waals surface area (Å²) in [6.45, 7) is 9.10. The monoisotopic (exact) mass is 154 g/mol. The van der Waals surface area contributed by atoms with E-state index in [2.05, 4.69) is 27.7 Å². The molecule has 0 aliphatic carbocycles. The first-order valence-corrected chi connectivity index (χ1v) is 4.04. The molecule has 0 radical (unpaired) electrons. The predicted octanol–water partition coefficient (Wildman–Crippen LogP) is 2.90. The molecule has 0 fully saturated rings. The predicted molar refractivity (Wildman–Crippen MR) is 45.8 cm³/mol. The van der Waals surface area contributed by atoms with Crippen LogP contribution in [0.1, 0.15) is 27.7 Å². The molecule has 0 atom stereocenters. The van der Waals surface area contributed by atoms with Crippen LogP contribution in [0.2, 0.25) is 0 Å². The zero-order chi connectivity index (χ0) is 5.86. The number of hydrogen-bond donors (Lipinski definition) is 0. The van der Waals surface area contributed by atoms with Crippen molar-refractivity contribution in [1.82, 2.24) is 0 Å². The van der Waals surface area contributed by atoms with Crippen LogP contribution in [-0.2, 0) is 0 Å². The van der Waals surface area contributed by atoms with Crippen LogP contribution in [0.5, 0.6) is 0 Å². The quantitative estimate of drug-likeness (QED) is 0.537. The van der Waals surface area contributed by atoms with Crippen LogP contribution >= 0.6 is 21.0 Å². The summed E-state index contributed by atoms with van der Waals surface area (Å²) in [4.78, 5) is 0. The zero-order valence-electron chi connectivity index (χ0n) is 6.06. The molecule has 0 rings (SSSR count). The fourth-order valence-electron chi connectivity index (χ4n) is 0.667. The molecule has 0 nitrogen and oxygen atoms in total. The third-order valence-electron chi connectivity index (χ3n) is 0.667. The maximum atomic E-state index is 2.28. The summed E-state index contributed by atoms with van der Waals surface area (Å²) in [5.74, 6) is 0. The van der Waals surface area contributed by atoms with Crippen molar-refractivity contribution in [1.29, 1.82) is 0 Å². The Labute approximate surface area is 60.6 Å². The number of hydrogen-bond acceptors (Lipinski definition) is 0. The van der Waals surface area contributed by atoms with E-state index in [0.717, 1.165) is 19.9 Å². The topological polar surface area (TPSA) is 0 Å². The SMILES string of the molecule is CC(C)PC(C)C.Cl. The molecule has 0 aromatic carbocycles. The molecule has 0 N–H and O–H groups in total. The third kappa shape index (κ3) is 9.87. The van der Waals surface area contributed by atoms with Crippen molar-refractivity contribution in [3.05, 3.63) is 0 Å². The van der Waals surface area contributed by atoms with E-state index in [0.29, 0.717) is 0 Å². The van der Waals surface area contributed by atoms with E-state index < -0.39 is 0 Å². The second-order valence-electron chi connectivity index (χ2n) is 2.48. The van der Waals surface area contributed by atoms with Gasteiger partial charge in [0.05, 0.1) is 0 Å². The van der Waals surface area contributed by atoms with Crippen LogP contribution in [0.4, 0.5) is 0 Å². The van der Waals surface area contributed by atoms with Gasteiger partial charge in [-0.15, -0.1) is 21.0 Å². The molecule has 0 saturated heterocycles. The summed E-state index contributed by atoms with van der Waals surface area (Å²) >= 11 is 0. The maximum Gasteiger partial charge on any atom is -0.0291 e. The van der Waals surface area contributed by atoms with Gasteiger partial charge >= 0.3 is 0 Å². The van der Waals surface area contributed by atoms with Crippen molar-refractivity contribution in [3.8, 4) is 0 Å². The molecule has 0 aromatic heterocycles. The molecule has 0 bridgehead atoms. The Bertz CT molecular complexity index is 37.8. The molecule has 0 aliphatic heterocycles. The van der Waals surface area contributed by atoms with Crippen LogP contribution in [0.3, 0.4) is 0 Å². The normalized spacial score (nSPS) is 9.75. The lowest BCUT2D eigenvalue weighted by Crippen LogP contribution is -1.90. The molecule has 0 unspecified atom stereocenters. The Morgan fingerprint density at radius 1 is 0.875 bits per heavy atom. The van der Waals surface area contributed by atoms with Crippen molar-refractivity contribution < 1.29 is 0 Å². The molecule has 0 saturated carbocycles. The first-order valence-electron chi connectivity index (χ1n) is 2.89. The highest BCUT2D eigenvalue weighted by Crippen LogP contribution is 2.23. The van der Waals surface area contributed by atoms with Gasteiger partial charge in [0.15, 0.2) is 0 Å².